The molecule has 33 heavy (non-hydrogen) atoms. The molecule has 0 saturated carbocycles. The highest BCUT2D eigenvalue weighted by atomic mass is 28.4. The van der Waals surface area contributed by atoms with Crippen LogP contribution in [0.4, 0.5) is 4.79 Å². The number of piperidine rings is 1. The molecule has 2 aromatic rings. The van der Waals surface area contributed by atoms with Crippen molar-refractivity contribution in [2.45, 2.75) is 76.9 Å². The van der Waals surface area contributed by atoms with Crippen molar-refractivity contribution in [2.75, 3.05) is 13.2 Å². The third kappa shape index (κ3) is 4.88. The second-order valence-corrected chi connectivity index (χ2v) is 15.4. The zero-order valence-electron chi connectivity index (χ0n) is 20.7. The van der Waals surface area contributed by atoms with E-state index in [-0.39, 0.29) is 29.4 Å². The Morgan fingerprint density at radius 3 is 2.00 bits per heavy atom. The Morgan fingerprint density at radius 1 is 0.970 bits per heavy atom. The molecule has 0 bridgehead atoms. The molecule has 2 heterocycles. The Hall–Kier alpha value is -2.15. The van der Waals surface area contributed by atoms with E-state index in [9.17, 15) is 4.79 Å². The highest BCUT2D eigenvalue weighted by molar-refractivity contribution is 6.99. The molecule has 2 fully saturated rings. The van der Waals surface area contributed by atoms with Gasteiger partial charge in [-0.3, -0.25) is 0 Å². The molecular weight excluding hydrogens is 430 g/mol. The van der Waals surface area contributed by atoms with Gasteiger partial charge in [0.1, 0.15) is 11.7 Å². The second-order valence-electron chi connectivity index (χ2n) is 11.1. The van der Waals surface area contributed by atoms with E-state index in [0.29, 0.717) is 13.2 Å². The molecule has 6 heteroatoms. The molecule has 2 saturated heterocycles. The van der Waals surface area contributed by atoms with E-state index in [1.807, 2.05) is 37.8 Å². The number of nitrogens with zero attached hydrogens (tertiary/aromatic N) is 1. The Morgan fingerprint density at radius 2 is 1.52 bits per heavy atom. The molecule has 2 aromatic carbocycles. The van der Waals surface area contributed by atoms with Gasteiger partial charge in [0.2, 0.25) is 0 Å². The number of hydrogen-bond donors (Lipinski definition) is 0. The van der Waals surface area contributed by atoms with Gasteiger partial charge in [0, 0.05) is 6.54 Å². The molecule has 0 spiro atoms. The average molecular weight is 468 g/mol. The van der Waals surface area contributed by atoms with Gasteiger partial charge in [0.25, 0.3) is 8.32 Å². The SMILES string of the molecule is CC(C)(C)OC(=O)N1CC[C@H]2O[C@H]2[C@H]1CO[Si](c1ccccc1)(c1ccccc1)C(C)(C)C. The first-order chi connectivity index (χ1) is 15.5. The zero-order valence-corrected chi connectivity index (χ0v) is 21.7. The number of carbonyl (C=O) groups is 1. The van der Waals surface area contributed by atoms with E-state index in [0.717, 1.165) is 6.42 Å². The van der Waals surface area contributed by atoms with E-state index in [1.54, 1.807) is 0 Å². The molecule has 0 aromatic heterocycles. The lowest BCUT2D eigenvalue weighted by molar-refractivity contribution is 0.00496. The standard InChI is InChI=1S/C27H37NO4Si/c1-26(2,3)32-25(29)28-18-17-23-24(31-23)22(28)19-30-33(27(4,5)6,20-13-9-7-10-14-20)21-15-11-8-12-16-21/h7-16,22-24H,17-19H2,1-6H3/t22-,23-,24+/m1/s1. The molecule has 178 valence electrons. The topological polar surface area (TPSA) is 51.3 Å². The Kier molecular flexibility index (Phi) is 6.46. The number of hydrogen-bond acceptors (Lipinski definition) is 4. The number of likely N-dealkylation sites (tertiary alicyclic amines) is 1. The molecule has 0 unspecified atom stereocenters. The van der Waals surface area contributed by atoms with Crippen LogP contribution in [0, 0.1) is 0 Å². The van der Waals surface area contributed by atoms with Gasteiger partial charge in [-0.05, 0) is 42.6 Å². The molecule has 4 rings (SSSR count). The number of benzene rings is 2. The van der Waals surface area contributed by atoms with Crippen molar-refractivity contribution >= 4 is 24.8 Å². The monoisotopic (exact) mass is 467 g/mol. The molecule has 5 nitrogen and oxygen atoms in total. The fourth-order valence-corrected chi connectivity index (χ4v) is 9.62. The van der Waals surface area contributed by atoms with Crippen LogP contribution >= 0.6 is 0 Å². The van der Waals surface area contributed by atoms with Gasteiger partial charge < -0.3 is 18.8 Å². The summed E-state index contributed by atoms with van der Waals surface area (Å²) in [7, 11) is -2.69. The summed E-state index contributed by atoms with van der Waals surface area (Å²) in [5, 5.41) is 2.35. The van der Waals surface area contributed by atoms with Crippen molar-refractivity contribution in [3.63, 3.8) is 0 Å². The average Bonchev–Trinajstić information content (AvgIpc) is 3.53. The first-order valence-corrected chi connectivity index (χ1v) is 13.8. The summed E-state index contributed by atoms with van der Waals surface area (Å²) in [6.45, 7) is 13.6. The predicted molar refractivity (Wildman–Crippen MR) is 134 cm³/mol. The highest BCUT2D eigenvalue weighted by Crippen LogP contribution is 2.40. The van der Waals surface area contributed by atoms with Crippen LogP contribution in [0.25, 0.3) is 0 Å². The van der Waals surface area contributed by atoms with Gasteiger partial charge in [0.05, 0.1) is 18.8 Å². The maximum atomic E-state index is 13.1. The number of amides is 1. The minimum atomic E-state index is -2.69. The minimum absolute atomic E-state index is 0.0180. The molecule has 2 aliphatic rings. The first kappa shape index (κ1) is 24.0. The van der Waals surface area contributed by atoms with Crippen LogP contribution in [-0.4, -0.2) is 56.3 Å². The summed E-state index contributed by atoms with van der Waals surface area (Å²) in [4.78, 5) is 14.9. The van der Waals surface area contributed by atoms with Gasteiger partial charge in [0.15, 0.2) is 0 Å². The Balaban J connectivity index is 1.69. The minimum Gasteiger partial charge on any atom is -0.444 e. The third-order valence-electron chi connectivity index (χ3n) is 6.57. The molecule has 1 amide bonds. The lowest BCUT2D eigenvalue weighted by Gasteiger charge is -2.44. The van der Waals surface area contributed by atoms with E-state index < -0.39 is 13.9 Å². The molecule has 0 radical (unpaired) electrons. The van der Waals surface area contributed by atoms with Gasteiger partial charge in [-0.25, -0.2) is 4.79 Å². The van der Waals surface area contributed by atoms with Crippen LogP contribution in [-0.2, 0) is 13.9 Å². The van der Waals surface area contributed by atoms with E-state index in [2.05, 4.69) is 69.3 Å². The zero-order chi connectivity index (χ0) is 23.9. The summed E-state index contributed by atoms with van der Waals surface area (Å²) in [6.07, 6.45) is 0.799. The molecule has 0 N–H and O–H groups in total. The summed E-state index contributed by atoms with van der Waals surface area (Å²) >= 11 is 0. The maximum absolute atomic E-state index is 13.1. The Labute approximate surface area is 199 Å². The van der Waals surface area contributed by atoms with Crippen molar-refractivity contribution in [1.82, 2.24) is 4.90 Å². The summed E-state index contributed by atoms with van der Waals surface area (Å²) in [5.41, 5.74) is -0.540. The van der Waals surface area contributed by atoms with Crippen molar-refractivity contribution < 1.29 is 18.7 Å². The lowest BCUT2D eigenvalue weighted by Crippen LogP contribution is -2.68. The van der Waals surface area contributed by atoms with Crippen LogP contribution < -0.4 is 10.4 Å². The van der Waals surface area contributed by atoms with E-state index in [1.165, 1.54) is 10.4 Å². The van der Waals surface area contributed by atoms with Gasteiger partial charge in [-0.2, -0.15) is 0 Å². The molecule has 2 aliphatic heterocycles. The summed E-state index contributed by atoms with van der Waals surface area (Å²) < 4.78 is 18.8. The predicted octanol–water partition coefficient (Wildman–Crippen LogP) is 4.34. The highest BCUT2D eigenvalue weighted by Gasteiger charge is 2.55. The second kappa shape index (κ2) is 8.89. The first-order valence-electron chi connectivity index (χ1n) is 11.9. The van der Waals surface area contributed by atoms with Crippen LogP contribution in [0.1, 0.15) is 48.0 Å². The largest absolute Gasteiger partial charge is 0.444 e. The third-order valence-corrected chi connectivity index (χ3v) is 11.6. The normalized spacial score (nSPS) is 23.1. The quantitative estimate of drug-likeness (QED) is 0.485. The van der Waals surface area contributed by atoms with E-state index in [4.69, 9.17) is 13.9 Å². The van der Waals surface area contributed by atoms with Gasteiger partial charge in [-0.15, -0.1) is 0 Å². The number of epoxide rings is 1. The van der Waals surface area contributed by atoms with Crippen LogP contribution in [0.2, 0.25) is 5.04 Å². The maximum Gasteiger partial charge on any atom is 0.410 e. The molecule has 3 atom stereocenters. The van der Waals surface area contributed by atoms with Crippen molar-refractivity contribution in [3.8, 4) is 0 Å². The number of carbonyl (C=O) groups excluding carboxylic acids is 1. The number of fused-ring (bicyclic) bond motifs is 1. The molecular formula is C27H37NO4Si. The van der Waals surface area contributed by atoms with Crippen molar-refractivity contribution in [1.29, 1.82) is 0 Å². The Bertz CT molecular complexity index is 912. The fourth-order valence-electron chi connectivity index (χ4n) is 5.04. The summed E-state index contributed by atoms with van der Waals surface area (Å²) in [5.74, 6) is 0. The summed E-state index contributed by atoms with van der Waals surface area (Å²) in [6, 6.07) is 21.0. The van der Waals surface area contributed by atoms with Gasteiger partial charge in [-0.1, -0.05) is 81.4 Å². The molecule has 0 aliphatic carbocycles. The lowest BCUT2D eigenvalue weighted by atomic mass is 10.0. The van der Waals surface area contributed by atoms with Gasteiger partial charge >= 0.3 is 6.09 Å². The van der Waals surface area contributed by atoms with Crippen LogP contribution in [0.3, 0.4) is 0 Å². The number of ether oxygens (including phenoxy) is 2. The smallest absolute Gasteiger partial charge is 0.410 e. The van der Waals surface area contributed by atoms with Crippen molar-refractivity contribution in [2.24, 2.45) is 0 Å². The van der Waals surface area contributed by atoms with Crippen LogP contribution in [0.15, 0.2) is 60.7 Å². The fraction of sp³-hybridized carbons (Fsp3) is 0.519. The van der Waals surface area contributed by atoms with Crippen molar-refractivity contribution in [3.05, 3.63) is 60.7 Å². The van der Waals surface area contributed by atoms with Crippen LogP contribution in [0.5, 0.6) is 0 Å². The van der Waals surface area contributed by atoms with E-state index >= 15 is 0 Å². The number of rotatable bonds is 5.